The predicted octanol–water partition coefficient (Wildman–Crippen LogP) is 4.75. The van der Waals surface area contributed by atoms with Crippen LogP contribution in [0.25, 0.3) is 0 Å². The molecule has 110 valence electrons. The number of halogens is 5. The zero-order valence-corrected chi connectivity index (χ0v) is 11.1. The van der Waals surface area contributed by atoms with Crippen LogP contribution in [0.3, 0.4) is 0 Å². The van der Waals surface area contributed by atoms with E-state index < -0.39 is 29.0 Å². The van der Waals surface area contributed by atoms with Crippen LogP contribution < -0.4 is 5.32 Å². The normalized spacial score (nSPS) is 11.3. The van der Waals surface area contributed by atoms with Gasteiger partial charge in [-0.3, -0.25) is 4.79 Å². The van der Waals surface area contributed by atoms with Crippen molar-refractivity contribution >= 4 is 23.2 Å². The lowest BCUT2D eigenvalue weighted by Gasteiger charge is -2.12. The van der Waals surface area contributed by atoms with E-state index in [0.717, 1.165) is 24.3 Å². The molecule has 2 aromatic rings. The summed E-state index contributed by atoms with van der Waals surface area (Å²) < 4.78 is 51.4. The van der Waals surface area contributed by atoms with Gasteiger partial charge in [0.2, 0.25) is 0 Å². The maximum atomic E-state index is 13.0. The largest absolute Gasteiger partial charge is 0.417 e. The fourth-order valence-electron chi connectivity index (χ4n) is 1.70. The maximum Gasteiger partial charge on any atom is 0.417 e. The van der Waals surface area contributed by atoms with Crippen molar-refractivity contribution < 1.29 is 22.4 Å². The Kier molecular flexibility index (Phi) is 4.18. The minimum absolute atomic E-state index is 0.100. The van der Waals surface area contributed by atoms with Gasteiger partial charge in [0.05, 0.1) is 16.1 Å². The van der Waals surface area contributed by atoms with E-state index in [0.29, 0.717) is 0 Å². The van der Waals surface area contributed by atoms with E-state index in [4.69, 9.17) is 11.6 Å². The zero-order chi connectivity index (χ0) is 15.6. The van der Waals surface area contributed by atoms with E-state index in [2.05, 4.69) is 5.32 Å². The van der Waals surface area contributed by atoms with Gasteiger partial charge < -0.3 is 5.32 Å². The van der Waals surface area contributed by atoms with Crippen molar-refractivity contribution in [3.05, 3.63) is 64.4 Å². The van der Waals surface area contributed by atoms with E-state index in [-0.39, 0.29) is 10.7 Å². The quantitative estimate of drug-likeness (QED) is 0.796. The maximum absolute atomic E-state index is 13.0. The molecule has 0 aliphatic carbocycles. The smallest absolute Gasteiger partial charge is 0.322 e. The summed E-state index contributed by atoms with van der Waals surface area (Å²) in [5.41, 5.74) is -1.47. The molecule has 0 aliphatic heterocycles. The number of hydrogen-bond acceptors (Lipinski definition) is 1. The molecule has 0 fully saturated rings. The van der Waals surface area contributed by atoms with Gasteiger partial charge in [-0.05, 0) is 30.3 Å². The molecule has 21 heavy (non-hydrogen) atoms. The van der Waals surface area contributed by atoms with Crippen LogP contribution in [0.2, 0.25) is 5.02 Å². The summed E-state index contributed by atoms with van der Waals surface area (Å²) >= 11 is 5.54. The molecule has 0 radical (unpaired) electrons. The molecule has 0 aromatic heterocycles. The molecular formula is C14H8ClF4NO. The lowest BCUT2D eigenvalue weighted by atomic mass is 10.1. The minimum Gasteiger partial charge on any atom is -0.322 e. The molecule has 1 N–H and O–H groups in total. The standard InChI is InChI=1S/C14H8ClF4NO/c15-11-7-8(5-6-12(11)16)20-13(21)9-3-1-2-4-10(9)14(17,18)19/h1-7H,(H,20,21). The average molecular weight is 318 g/mol. The van der Waals surface area contributed by atoms with Crippen molar-refractivity contribution in [1.82, 2.24) is 0 Å². The zero-order valence-electron chi connectivity index (χ0n) is 10.3. The number of amides is 1. The van der Waals surface area contributed by atoms with Crippen molar-refractivity contribution in [2.45, 2.75) is 6.18 Å². The number of carbonyl (C=O) groups excluding carboxylic acids is 1. The Morgan fingerprint density at radius 2 is 1.76 bits per heavy atom. The first-order valence-electron chi connectivity index (χ1n) is 5.71. The van der Waals surface area contributed by atoms with Gasteiger partial charge in [-0.15, -0.1) is 0 Å². The number of alkyl halides is 3. The highest BCUT2D eigenvalue weighted by Gasteiger charge is 2.34. The van der Waals surface area contributed by atoms with Crippen LogP contribution in [-0.2, 0) is 6.18 Å². The summed E-state index contributed by atoms with van der Waals surface area (Å²) in [6.07, 6.45) is -4.64. The topological polar surface area (TPSA) is 29.1 Å². The average Bonchev–Trinajstić information content (AvgIpc) is 2.42. The lowest BCUT2D eigenvalue weighted by Crippen LogP contribution is -2.18. The van der Waals surface area contributed by atoms with Crippen molar-refractivity contribution in [3.8, 4) is 0 Å². The van der Waals surface area contributed by atoms with Gasteiger partial charge in [-0.2, -0.15) is 13.2 Å². The molecule has 2 rings (SSSR count). The number of hydrogen-bond donors (Lipinski definition) is 1. The minimum atomic E-state index is -4.64. The highest BCUT2D eigenvalue weighted by molar-refractivity contribution is 6.31. The third-order valence-corrected chi connectivity index (χ3v) is 2.94. The van der Waals surface area contributed by atoms with Gasteiger partial charge in [0, 0.05) is 5.69 Å². The van der Waals surface area contributed by atoms with Crippen LogP contribution in [0.5, 0.6) is 0 Å². The second-order valence-electron chi connectivity index (χ2n) is 4.13. The van der Waals surface area contributed by atoms with Crippen LogP contribution in [0, 0.1) is 5.82 Å². The van der Waals surface area contributed by atoms with Crippen molar-refractivity contribution in [2.24, 2.45) is 0 Å². The SMILES string of the molecule is O=C(Nc1ccc(F)c(Cl)c1)c1ccccc1C(F)(F)F. The molecule has 0 saturated heterocycles. The summed E-state index contributed by atoms with van der Waals surface area (Å²) in [5.74, 6) is -1.64. The van der Waals surface area contributed by atoms with Gasteiger partial charge in [0.15, 0.2) is 0 Å². The van der Waals surface area contributed by atoms with E-state index in [9.17, 15) is 22.4 Å². The van der Waals surface area contributed by atoms with E-state index >= 15 is 0 Å². The molecule has 2 aromatic carbocycles. The van der Waals surface area contributed by atoms with Gasteiger partial charge in [-0.1, -0.05) is 23.7 Å². The van der Waals surface area contributed by atoms with E-state index in [1.165, 1.54) is 18.2 Å². The molecule has 0 aliphatic rings. The van der Waals surface area contributed by atoms with Gasteiger partial charge in [0.1, 0.15) is 5.82 Å². The Morgan fingerprint density at radius 3 is 2.38 bits per heavy atom. The number of nitrogens with one attached hydrogen (secondary N) is 1. The Hall–Kier alpha value is -2.08. The van der Waals surface area contributed by atoms with Crippen molar-refractivity contribution in [3.63, 3.8) is 0 Å². The summed E-state index contributed by atoms with van der Waals surface area (Å²) in [6, 6.07) is 7.71. The number of carbonyl (C=O) groups is 1. The van der Waals surface area contributed by atoms with Crippen LogP contribution >= 0.6 is 11.6 Å². The number of anilines is 1. The second kappa shape index (κ2) is 5.73. The number of benzene rings is 2. The molecule has 0 spiro atoms. The molecular weight excluding hydrogens is 310 g/mol. The molecule has 1 amide bonds. The monoisotopic (exact) mass is 317 g/mol. The third kappa shape index (κ3) is 3.52. The Balaban J connectivity index is 2.31. The molecule has 0 bridgehead atoms. The fraction of sp³-hybridized carbons (Fsp3) is 0.0714. The molecule has 0 atom stereocenters. The molecule has 0 saturated carbocycles. The number of rotatable bonds is 2. The first-order chi connectivity index (χ1) is 9.79. The van der Waals surface area contributed by atoms with E-state index in [1.54, 1.807) is 0 Å². The summed E-state index contributed by atoms with van der Waals surface area (Å²) in [7, 11) is 0. The fourth-order valence-corrected chi connectivity index (χ4v) is 1.88. The molecule has 7 heteroatoms. The second-order valence-corrected chi connectivity index (χ2v) is 4.53. The Morgan fingerprint density at radius 1 is 1.10 bits per heavy atom. The van der Waals surface area contributed by atoms with Gasteiger partial charge in [0.25, 0.3) is 5.91 Å². The Bertz CT molecular complexity index is 685. The van der Waals surface area contributed by atoms with Gasteiger partial charge >= 0.3 is 6.18 Å². The first-order valence-corrected chi connectivity index (χ1v) is 6.09. The molecule has 0 unspecified atom stereocenters. The van der Waals surface area contributed by atoms with Crippen molar-refractivity contribution in [1.29, 1.82) is 0 Å². The van der Waals surface area contributed by atoms with Crippen LogP contribution in [0.15, 0.2) is 42.5 Å². The first kappa shape index (κ1) is 15.3. The van der Waals surface area contributed by atoms with Gasteiger partial charge in [-0.25, -0.2) is 4.39 Å². The lowest BCUT2D eigenvalue weighted by molar-refractivity contribution is -0.137. The van der Waals surface area contributed by atoms with Crippen LogP contribution in [0.1, 0.15) is 15.9 Å². The summed E-state index contributed by atoms with van der Waals surface area (Å²) in [6.45, 7) is 0. The molecule has 0 heterocycles. The van der Waals surface area contributed by atoms with Crippen LogP contribution in [-0.4, -0.2) is 5.91 Å². The highest BCUT2D eigenvalue weighted by Crippen LogP contribution is 2.32. The van der Waals surface area contributed by atoms with Crippen molar-refractivity contribution in [2.75, 3.05) is 5.32 Å². The summed E-state index contributed by atoms with van der Waals surface area (Å²) in [4.78, 5) is 11.9. The Labute approximate surface area is 122 Å². The molecule has 2 nitrogen and oxygen atoms in total. The van der Waals surface area contributed by atoms with E-state index in [1.807, 2.05) is 0 Å². The van der Waals surface area contributed by atoms with Crippen LogP contribution in [0.4, 0.5) is 23.2 Å². The predicted molar refractivity (Wildman–Crippen MR) is 70.8 cm³/mol. The highest BCUT2D eigenvalue weighted by atomic mass is 35.5. The summed E-state index contributed by atoms with van der Waals surface area (Å²) in [5, 5.41) is 2.01. The third-order valence-electron chi connectivity index (χ3n) is 2.65.